The molecule has 1 aromatic heterocycles. The highest BCUT2D eigenvalue weighted by molar-refractivity contribution is 8.13. The van der Waals surface area contributed by atoms with Crippen LogP contribution in [0, 0.1) is 10.1 Å². The van der Waals surface area contributed by atoms with Crippen molar-refractivity contribution in [2.24, 2.45) is 0 Å². The normalized spacial score (nSPS) is 11.5. The van der Waals surface area contributed by atoms with Gasteiger partial charge in [-0.3, -0.25) is 14.7 Å². The maximum atomic E-state index is 11.4. The van der Waals surface area contributed by atoms with E-state index in [-0.39, 0.29) is 23.6 Å². The van der Waals surface area contributed by atoms with Gasteiger partial charge in [-0.05, 0) is 13.0 Å². The van der Waals surface area contributed by atoms with Gasteiger partial charge in [0.1, 0.15) is 0 Å². The van der Waals surface area contributed by atoms with E-state index in [0.717, 1.165) is 0 Å². The van der Waals surface area contributed by atoms with Crippen LogP contribution in [-0.2, 0) is 15.6 Å². The van der Waals surface area contributed by atoms with Crippen molar-refractivity contribution in [1.82, 2.24) is 14.8 Å². The molecule has 0 bridgehead atoms. The fourth-order valence-corrected chi connectivity index (χ4v) is 2.73. The average molecular weight is 317 g/mol. The SMILES string of the molecule is CCn1c(-c2ccccc2[N+](=O)[O-])nnc1S(=O)(=O)Cl. The number of nitrogens with zero attached hydrogens (tertiary/aromatic N) is 4. The third-order valence-corrected chi connectivity index (χ3v) is 3.75. The molecule has 0 amide bonds. The summed E-state index contributed by atoms with van der Waals surface area (Å²) in [6.45, 7) is 1.86. The lowest BCUT2D eigenvalue weighted by atomic mass is 10.1. The Morgan fingerprint density at radius 3 is 2.55 bits per heavy atom. The van der Waals surface area contributed by atoms with Gasteiger partial charge >= 0.3 is 0 Å². The van der Waals surface area contributed by atoms with Gasteiger partial charge in [0, 0.05) is 23.3 Å². The zero-order valence-corrected chi connectivity index (χ0v) is 11.8. The van der Waals surface area contributed by atoms with Crippen molar-refractivity contribution in [3.63, 3.8) is 0 Å². The van der Waals surface area contributed by atoms with Gasteiger partial charge in [-0.2, -0.15) is 0 Å². The zero-order chi connectivity index (χ0) is 14.9. The zero-order valence-electron chi connectivity index (χ0n) is 10.2. The molecule has 20 heavy (non-hydrogen) atoms. The molecular formula is C10H9ClN4O4S. The Labute approximate surface area is 118 Å². The standard InChI is InChI=1S/C10H9ClN4O4S/c1-2-14-9(12-13-10(14)20(11,18)19)7-5-3-4-6-8(7)15(16)17/h3-6H,2H2,1H3. The molecule has 0 aliphatic heterocycles. The Bertz CT molecular complexity index is 771. The molecule has 0 aliphatic carbocycles. The predicted octanol–water partition coefficient (Wildman–Crippen LogP) is 1.80. The van der Waals surface area contributed by atoms with Crippen molar-refractivity contribution in [2.45, 2.75) is 18.6 Å². The Morgan fingerprint density at radius 1 is 1.35 bits per heavy atom. The van der Waals surface area contributed by atoms with E-state index in [9.17, 15) is 18.5 Å². The molecule has 0 atom stereocenters. The first-order valence-corrected chi connectivity index (χ1v) is 7.78. The van der Waals surface area contributed by atoms with Gasteiger partial charge in [-0.1, -0.05) is 12.1 Å². The van der Waals surface area contributed by atoms with Crippen LogP contribution in [0.25, 0.3) is 11.4 Å². The Kier molecular flexibility index (Phi) is 3.73. The van der Waals surface area contributed by atoms with Gasteiger partial charge in [-0.25, -0.2) is 8.42 Å². The molecule has 0 N–H and O–H groups in total. The highest BCUT2D eigenvalue weighted by Gasteiger charge is 2.26. The quantitative estimate of drug-likeness (QED) is 0.483. The lowest BCUT2D eigenvalue weighted by molar-refractivity contribution is -0.384. The van der Waals surface area contributed by atoms with E-state index in [4.69, 9.17) is 10.7 Å². The van der Waals surface area contributed by atoms with Gasteiger partial charge in [0.05, 0.1) is 10.5 Å². The number of hydrogen-bond acceptors (Lipinski definition) is 6. The van der Waals surface area contributed by atoms with Crippen LogP contribution in [0.4, 0.5) is 5.69 Å². The van der Waals surface area contributed by atoms with Crippen LogP contribution in [0.1, 0.15) is 6.92 Å². The Hall–Kier alpha value is -2.00. The molecule has 0 fully saturated rings. The first-order chi connectivity index (χ1) is 9.36. The number of nitro benzene ring substituents is 1. The van der Waals surface area contributed by atoms with Crippen LogP contribution < -0.4 is 0 Å². The Balaban J connectivity index is 2.72. The molecule has 0 saturated carbocycles. The summed E-state index contributed by atoms with van der Waals surface area (Å²) >= 11 is 0. The molecule has 0 radical (unpaired) electrons. The summed E-state index contributed by atoms with van der Waals surface area (Å²) in [7, 11) is 1.19. The smallest absolute Gasteiger partial charge is 0.296 e. The second-order valence-electron chi connectivity index (χ2n) is 3.76. The highest BCUT2D eigenvalue weighted by atomic mass is 35.7. The van der Waals surface area contributed by atoms with Crippen molar-refractivity contribution in [1.29, 1.82) is 0 Å². The fourth-order valence-electron chi connectivity index (χ4n) is 1.78. The van der Waals surface area contributed by atoms with E-state index < -0.39 is 19.1 Å². The van der Waals surface area contributed by atoms with Crippen molar-refractivity contribution >= 4 is 25.4 Å². The summed E-state index contributed by atoms with van der Waals surface area (Å²) < 4.78 is 24.0. The van der Waals surface area contributed by atoms with E-state index in [1.165, 1.54) is 22.8 Å². The monoisotopic (exact) mass is 316 g/mol. The van der Waals surface area contributed by atoms with Gasteiger partial charge in [-0.15, -0.1) is 10.2 Å². The molecule has 2 aromatic rings. The molecule has 106 valence electrons. The molecule has 1 heterocycles. The number of aromatic nitrogens is 3. The minimum atomic E-state index is -4.07. The topological polar surface area (TPSA) is 108 Å². The lowest BCUT2D eigenvalue weighted by Crippen LogP contribution is -2.06. The van der Waals surface area contributed by atoms with Gasteiger partial charge < -0.3 is 0 Å². The fraction of sp³-hybridized carbons (Fsp3) is 0.200. The summed E-state index contributed by atoms with van der Waals surface area (Å²) in [6.07, 6.45) is 0. The summed E-state index contributed by atoms with van der Waals surface area (Å²) in [5.74, 6) is 0.0824. The van der Waals surface area contributed by atoms with Crippen LogP contribution in [-0.4, -0.2) is 28.1 Å². The number of rotatable bonds is 4. The molecule has 0 aliphatic rings. The average Bonchev–Trinajstić information content (AvgIpc) is 2.82. The minimum absolute atomic E-state index is 0.0824. The number of benzene rings is 1. The summed E-state index contributed by atoms with van der Waals surface area (Å²) in [5, 5.41) is 17.8. The second-order valence-corrected chi connectivity index (χ2v) is 6.22. The molecule has 8 nitrogen and oxygen atoms in total. The largest absolute Gasteiger partial charge is 0.297 e. The van der Waals surface area contributed by atoms with Crippen molar-refractivity contribution in [3.8, 4) is 11.4 Å². The van der Waals surface area contributed by atoms with E-state index in [1.54, 1.807) is 13.0 Å². The van der Waals surface area contributed by atoms with E-state index >= 15 is 0 Å². The first kappa shape index (κ1) is 14.4. The van der Waals surface area contributed by atoms with Crippen LogP contribution >= 0.6 is 10.7 Å². The van der Waals surface area contributed by atoms with E-state index in [0.29, 0.717) is 0 Å². The third kappa shape index (κ3) is 2.49. The second kappa shape index (κ2) is 5.17. The number of nitro groups is 1. The highest BCUT2D eigenvalue weighted by Crippen LogP contribution is 2.29. The minimum Gasteiger partial charge on any atom is -0.297 e. The first-order valence-electron chi connectivity index (χ1n) is 5.48. The molecular weight excluding hydrogens is 308 g/mol. The number of hydrogen-bond donors (Lipinski definition) is 0. The summed E-state index contributed by atoms with van der Waals surface area (Å²) in [6, 6.07) is 5.87. The predicted molar refractivity (Wildman–Crippen MR) is 70.8 cm³/mol. The molecule has 0 saturated heterocycles. The van der Waals surface area contributed by atoms with Gasteiger partial charge in [0.15, 0.2) is 5.82 Å². The summed E-state index contributed by atoms with van der Waals surface area (Å²) in [5.41, 5.74) is -0.00784. The number of para-hydroxylation sites is 1. The van der Waals surface area contributed by atoms with Crippen LogP contribution in [0.3, 0.4) is 0 Å². The number of halogens is 1. The molecule has 1 aromatic carbocycles. The third-order valence-electron chi connectivity index (χ3n) is 2.59. The van der Waals surface area contributed by atoms with Crippen molar-refractivity contribution < 1.29 is 13.3 Å². The van der Waals surface area contributed by atoms with E-state index in [2.05, 4.69) is 10.2 Å². The van der Waals surface area contributed by atoms with Crippen LogP contribution in [0.5, 0.6) is 0 Å². The lowest BCUT2D eigenvalue weighted by Gasteiger charge is -2.05. The molecule has 2 rings (SSSR count). The summed E-state index contributed by atoms with van der Waals surface area (Å²) in [4.78, 5) is 10.4. The van der Waals surface area contributed by atoms with Crippen LogP contribution in [0.2, 0.25) is 0 Å². The van der Waals surface area contributed by atoms with Crippen molar-refractivity contribution in [3.05, 3.63) is 34.4 Å². The molecule has 0 unspecified atom stereocenters. The van der Waals surface area contributed by atoms with Gasteiger partial charge in [0.2, 0.25) is 0 Å². The molecule has 10 heteroatoms. The maximum Gasteiger partial charge on any atom is 0.296 e. The molecule has 0 spiro atoms. The van der Waals surface area contributed by atoms with Gasteiger partial charge in [0.25, 0.3) is 19.9 Å². The Morgan fingerprint density at radius 2 is 2.00 bits per heavy atom. The van der Waals surface area contributed by atoms with Crippen molar-refractivity contribution in [2.75, 3.05) is 0 Å². The maximum absolute atomic E-state index is 11.4. The van der Waals surface area contributed by atoms with Crippen LogP contribution in [0.15, 0.2) is 29.4 Å². The van der Waals surface area contributed by atoms with E-state index in [1.807, 2.05) is 0 Å².